The maximum Gasteiger partial charge on any atom is 0.305 e. The van der Waals surface area contributed by atoms with Crippen molar-refractivity contribution in [2.75, 3.05) is 17.1 Å². The Labute approximate surface area is 204 Å². The highest BCUT2D eigenvalue weighted by Gasteiger charge is 2.31. The van der Waals surface area contributed by atoms with Crippen molar-refractivity contribution in [2.45, 2.75) is 57.7 Å². The van der Waals surface area contributed by atoms with Crippen molar-refractivity contribution >= 4 is 27.9 Å². The van der Waals surface area contributed by atoms with E-state index in [0.29, 0.717) is 47.6 Å². The Balaban J connectivity index is 2.20. The van der Waals surface area contributed by atoms with Crippen LogP contribution in [0.3, 0.4) is 0 Å². The summed E-state index contributed by atoms with van der Waals surface area (Å²) in [5.41, 5.74) is 3.38. The smallest absolute Gasteiger partial charge is 0.305 e. The first-order chi connectivity index (χ1) is 16.4. The molecule has 0 amide bonds. The predicted octanol–water partition coefficient (Wildman–Crippen LogP) is 3.32. The number of fused-ring (bicyclic) bond motifs is 1. The van der Waals surface area contributed by atoms with Crippen molar-refractivity contribution in [2.24, 2.45) is 0 Å². The lowest BCUT2D eigenvalue weighted by Gasteiger charge is -2.32. The molecular formula is C25H31FN2O6S. The van der Waals surface area contributed by atoms with Crippen LogP contribution in [0, 0.1) is 5.82 Å². The molecule has 2 heterocycles. The molecule has 10 heteroatoms. The summed E-state index contributed by atoms with van der Waals surface area (Å²) in [7, 11) is -3.57. The van der Waals surface area contributed by atoms with Crippen LogP contribution in [0.4, 0.5) is 10.2 Å². The lowest BCUT2D eigenvalue weighted by molar-refractivity contribution is -0.139. The molecular weight excluding hydrogens is 475 g/mol. The molecule has 1 aliphatic rings. The first kappa shape index (κ1) is 26.8. The van der Waals surface area contributed by atoms with Crippen LogP contribution < -0.4 is 4.31 Å². The second-order valence-corrected chi connectivity index (χ2v) is 11.0. The van der Waals surface area contributed by atoms with E-state index in [1.807, 2.05) is 13.8 Å². The number of aromatic nitrogens is 1. The number of anilines is 1. The second-order valence-electron chi connectivity index (χ2n) is 9.10. The fraction of sp³-hybridized carbons (Fsp3) is 0.440. The first-order valence-electron chi connectivity index (χ1n) is 11.4. The molecule has 3 N–H and O–H groups in total. The van der Waals surface area contributed by atoms with Crippen molar-refractivity contribution in [1.82, 2.24) is 4.98 Å². The third-order valence-corrected chi connectivity index (χ3v) is 7.01. The number of hydrogen-bond donors (Lipinski definition) is 3. The zero-order valence-corrected chi connectivity index (χ0v) is 20.8. The largest absolute Gasteiger partial charge is 0.481 e. The van der Waals surface area contributed by atoms with Crippen LogP contribution in [0.1, 0.15) is 55.8 Å². The molecule has 0 bridgehead atoms. The zero-order chi connectivity index (χ0) is 25.9. The van der Waals surface area contributed by atoms with E-state index in [4.69, 9.17) is 10.1 Å². The number of benzene rings is 1. The average molecular weight is 507 g/mol. The SMILES string of the molecule is CC(C)c1nc2c(c(-c3ccc(F)cc3)c1/C=C/[C@H](O)C[C@@H](O)CC(=O)O)CCCN2S(C)(=O)=O. The van der Waals surface area contributed by atoms with Gasteiger partial charge in [-0.05, 0) is 42.0 Å². The van der Waals surface area contributed by atoms with Crippen LogP contribution in [-0.2, 0) is 21.2 Å². The molecule has 1 aromatic carbocycles. The lowest BCUT2D eigenvalue weighted by atomic mass is 9.87. The number of carbonyl (C=O) groups is 1. The number of sulfonamides is 1. The average Bonchev–Trinajstić information content (AvgIpc) is 2.75. The molecule has 0 saturated heterocycles. The summed E-state index contributed by atoms with van der Waals surface area (Å²) in [6.07, 6.45) is 2.46. The van der Waals surface area contributed by atoms with Crippen molar-refractivity contribution in [3.05, 3.63) is 53.0 Å². The molecule has 0 fully saturated rings. The molecule has 0 spiro atoms. The minimum atomic E-state index is -3.57. The second kappa shape index (κ2) is 10.8. The van der Waals surface area contributed by atoms with Gasteiger partial charge in [0, 0.05) is 24.1 Å². The standard InChI is InChI=1S/C25H31FN2O6S/c1-15(2)24-20(11-10-18(29)13-19(30)14-22(31)32)23(16-6-8-17(26)9-7-16)21-5-4-12-28(25(21)27-24)35(3,33)34/h6-11,15,18-19,29-30H,4-5,12-14H2,1-3H3,(H,31,32)/b11-10+/t18-,19+/m0/s1. The van der Waals surface area contributed by atoms with Gasteiger partial charge in [-0.2, -0.15) is 0 Å². The first-order valence-corrected chi connectivity index (χ1v) is 13.3. The normalized spacial score (nSPS) is 15.9. The molecule has 35 heavy (non-hydrogen) atoms. The number of nitrogens with zero attached hydrogens (tertiary/aromatic N) is 2. The van der Waals surface area contributed by atoms with Crippen molar-refractivity contribution in [1.29, 1.82) is 0 Å². The summed E-state index contributed by atoms with van der Waals surface area (Å²) in [5.74, 6) is -1.32. The van der Waals surface area contributed by atoms with E-state index < -0.39 is 40.4 Å². The molecule has 8 nitrogen and oxygen atoms in total. The van der Waals surface area contributed by atoms with Gasteiger partial charge in [-0.25, -0.2) is 17.8 Å². The number of halogens is 1. The van der Waals surface area contributed by atoms with E-state index in [0.717, 1.165) is 11.8 Å². The van der Waals surface area contributed by atoms with Crippen LogP contribution in [0.2, 0.25) is 0 Å². The number of pyridine rings is 1. The van der Waals surface area contributed by atoms with Gasteiger partial charge in [-0.3, -0.25) is 9.10 Å². The summed E-state index contributed by atoms with van der Waals surface area (Å²) in [6, 6.07) is 5.91. The van der Waals surface area contributed by atoms with Gasteiger partial charge < -0.3 is 15.3 Å². The predicted molar refractivity (Wildman–Crippen MR) is 132 cm³/mol. The Morgan fingerprint density at radius 2 is 1.89 bits per heavy atom. The fourth-order valence-corrected chi connectivity index (χ4v) is 5.25. The van der Waals surface area contributed by atoms with Gasteiger partial charge in [0.1, 0.15) is 11.6 Å². The number of aliphatic hydroxyl groups is 2. The van der Waals surface area contributed by atoms with Crippen LogP contribution >= 0.6 is 0 Å². The summed E-state index contributed by atoms with van der Waals surface area (Å²) in [5, 5.41) is 29.1. The maximum atomic E-state index is 13.7. The molecule has 0 aliphatic carbocycles. The van der Waals surface area contributed by atoms with E-state index in [1.54, 1.807) is 18.2 Å². The molecule has 0 saturated carbocycles. The number of aliphatic carboxylic acids is 1. The number of hydrogen-bond acceptors (Lipinski definition) is 6. The molecule has 0 unspecified atom stereocenters. The number of carboxylic acids is 1. The highest BCUT2D eigenvalue weighted by molar-refractivity contribution is 7.92. The number of carboxylic acid groups (broad SMARTS) is 1. The van der Waals surface area contributed by atoms with Gasteiger partial charge in [0.2, 0.25) is 10.0 Å². The van der Waals surface area contributed by atoms with E-state index in [2.05, 4.69) is 0 Å². The van der Waals surface area contributed by atoms with E-state index in [9.17, 15) is 27.8 Å². The quantitative estimate of drug-likeness (QED) is 0.476. The van der Waals surface area contributed by atoms with Crippen LogP contribution in [0.15, 0.2) is 30.3 Å². The minimum absolute atomic E-state index is 0.114. The van der Waals surface area contributed by atoms with Gasteiger partial charge in [0.05, 0.1) is 30.6 Å². The summed E-state index contributed by atoms with van der Waals surface area (Å²) in [4.78, 5) is 15.6. The maximum absolute atomic E-state index is 13.7. The van der Waals surface area contributed by atoms with E-state index in [1.165, 1.54) is 22.5 Å². The Bertz CT molecular complexity index is 1210. The molecule has 1 aliphatic heterocycles. The van der Waals surface area contributed by atoms with Gasteiger partial charge >= 0.3 is 5.97 Å². The topological polar surface area (TPSA) is 128 Å². The summed E-state index contributed by atoms with van der Waals surface area (Å²) >= 11 is 0. The van der Waals surface area contributed by atoms with Crippen molar-refractivity contribution in [3.63, 3.8) is 0 Å². The van der Waals surface area contributed by atoms with Gasteiger partial charge in [0.25, 0.3) is 0 Å². The van der Waals surface area contributed by atoms with Gasteiger partial charge in [0.15, 0.2) is 0 Å². The minimum Gasteiger partial charge on any atom is -0.481 e. The van der Waals surface area contributed by atoms with Crippen LogP contribution in [0.5, 0.6) is 0 Å². The van der Waals surface area contributed by atoms with Gasteiger partial charge in [-0.1, -0.05) is 38.1 Å². The third kappa shape index (κ3) is 6.45. The summed E-state index contributed by atoms with van der Waals surface area (Å²) < 4.78 is 40.1. The highest BCUT2D eigenvalue weighted by Crippen LogP contribution is 2.41. The van der Waals surface area contributed by atoms with Crippen LogP contribution in [0.25, 0.3) is 17.2 Å². The summed E-state index contributed by atoms with van der Waals surface area (Å²) in [6.45, 7) is 4.15. The molecule has 190 valence electrons. The fourth-order valence-electron chi connectivity index (χ4n) is 4.32. The Morgan fingerprint density at radius 1 is 1.23 bits per heavy atom. The van der Waals surface area contributed by atoms with Crippen molar-refractivity contribution in [3.8, 4) is 11.1 Å². The van der Waals surface area contributed by atoms with E-state index >= 15 is 0 Å². The Hall–Kier alpha value is -2.82. The Morgan fingerprint density at radius 3 is 2.46 bits per heavy atom. The zero-order valence-electron chi connectivity index (χ0n) is 20.0. The number of rotatable bonds is 9. The molecule has 0 radical (unpaired) electrons. The van der Waals surface area contributed by atoms with Crippen LogP contribution in [-0.4, -0.2) is 59.7 Å². The lowest BCUT2D eigenvalue weighted by Crippen LogP contribution is -2.36. The Kier molecular flexibility index (Phi) is 8.30. The monoisotopic (exact) mass is 506 g/mol. The highest BCUT2D eigenvalue weighted by atomic mass is 32.2. The molecule has 2 aromatic rings. The third-order valence-electron chi connectivity index (χ3n) is 5.86. The van der Waals surface area contributed by atoms with E-state index in [-0.39, 0.29) is 12.3 Å². The molecule has 2 atom stereocenters. The van der Waals surface area contributed by atoms with Gasteiger partial charge in [-0.15, -0.1) is 0 Å². The number of aliphatic hydroxyl groups excluding tert-OH is 2. The molecule has 3 rings (SSSR count). The van der Waals surface area contributed by atoms with Crippen molar-refractivity contribution < 1.29 is 32.9 Å². The molecule has 1 aromatic heterocycles.